The number of alkyl halides is 1. The third-order valence-electron chi connectivity index (χ3n) is 1.34. The van der Waals surface area contributed by atoms with E-state index in [0.717, 1.165) is 0 Å². The van der Waals surface area contributed by atoms with Crippen molar-refractivity contribution in [2.24, 2.45) is 0 Å². The molecule has 9 heavy (non-hydrogen) atoms. The van der Waals surface area contributed by atoms with Gasteiger partial charge in [-0.2, -0.15) is 0 Å². The molecule has 0 unspecified atom stereocenters. The first-order valence-corrected chi connectivity index (χ1v) is 5.21. The van der Waals surface area contributed by atoms with E-state index in [9.17, 15) is 8.42 Å². The first kappa shape index (κ1) is 7.50. The third-order valence-corrected chi connectivity index (χ3v) is 5.47. The highest BCUT2D eigenvalue weighted by atomic mass is 79.9. The molecule has 5 heteroatoms. The van der Waals surface area contributed by atoms with Gasteiger partial charge in [-0.1, -0.05) is 15.9 Å². The summed E-state index contributed by atoms with van der Waals surface area (Å²) in [6.45, 7) is 0. The molecule has 0 aromatic heterocycles. The van der Waals surface area contributed by atoms with Gasteiger partial charge in [0.1, 0.15) is 4.16 Å². The minimum atomic E-state index is -3.01. The van der Waals surface area contributed by atoms with Gasteiger partial charge in [0.2, 0.25) is 0 Å². The Kier molecular flexibility index (Phi) is 1.84. The molecule has 0 aliphatic carbocycles. The topological polar surface area (TPSA) is 54.4 Å². The van der Waals surface area contributed by atoms with Crippen LogP contribution in [-0.4, -0.2) is 29.5 Å². The van der Waals surface area contributed by atoms with Gasteiger partial charge < -0.3 is 5.11 Å². The van der Waals surface area contributed by atoms with E-state index < -0.39 is 20.1 Å². The molecule has 1 rings (SSSR count). The van der Waals surface area contributed by atoms with Gasteiger partial charge in [0, 0.05) is 0 Å². The van der Waals surface area contributed by atoms with E-state index in [2.05, 4.69) is 15.9 Å². The molecular formula is C4H7BrO3S. The summed E-state index contributed by atoms with van der Waals surface area (Å²) >= 11 is 2.89. The lowest BCUT2D eigenvalue weighted by Gasteiger charge is -2.02. The van der Waals surface area contributed by atoms with Gasteiger partial charge in [0.25, 0.3) is 0 Å². The maximum atomic E-state index is 10.8. The van der Waals surface area contributed by atoms with Crippen LogP contribution in [0.3, 0.4) is 0 Å². The van der Waals surface area contributed by atoms with E-state index in [1.807, 2.05) is 0 Å². The van der Waals surface area contributed by atoms with Crippen molar-refractivity contribution in [3.63, 3.8) is 0 Å². The molecule has 1 aliphatic heterocycles. The number of sulfone groups is 1. The summed E-state index contributed by atoms with van der Waals surface area (Å²) in [4.78, 5) is 0. The van der Waals surface area contributed by atoms with Crippen LogP contribution in [0.5, 0.6) is 0 Å². The number of rotatable bonds is 0. The molecule has 0 aromatic carbocycles. The molecule has 0 spiro atoms. The van der Waals surface area contributed by atoms with Crippen LogP contribution in [0.25, 0.3) is 0 Å². The Morgan fingerprint density at radius 2 is 2.11 bits per heavy atom. The molecule has 0 saturated carbocycles. The Balaban J connectivity index is 2.87. The van der Waals surface area contributed by atoms with Gasteiger partial charge in [-0.15, -0.1) is 0 Å². The predicted octanol–water partition coefficient (Wildman–Crippen LogP) is -0.113. The quantitative estimate of drug-likeness (QED) is 0.573. The average Bonchev–Trinajstić information content (AvgIpc) is 1.97. The van der Waals surface area contributed by atoms with Gasteiger partial charge in [-0.3, -0.25) is 0 Å². The Morgan fingerprint density at radius 3 is 2.22 bits per heavy atom. The van der Waals surface area contributed by atoms with Gasteiger partial charge in [-0.05, 0) is 6.42 Å². The first-order valence-electron chi connectivity index (χ1n) is 2.58. The van der Waals surface area contributed by atoms with Crippen LogP contribution in [0, 0.1) is 0 Å². The molecule has 1 fully saturated rings. The lowest BCUT2D eigenvalue weighted by Crippen LogP contribution is -2.18. The van der Waals surface area contributed by atoms with Crippen LogP contribution in [0.4, 0.5) is 0 Å². The molecule has 1 aliphatic rings. The van der Waals surface area contributed by atoms with Crippen LogP contribution >= 0.6 is 15.9 Å². The van der Waals surface area contributed by atoms with Gasteiger partial charge in [0.05, 0.1) is 11.9 Å². The van der Waals surface area contributed by atoms with Crippen LogP contribution < -0.4 is 0 Å². The number of aliphatic hydroxyl groups excluding tert-OH is 1. The van der Waals surface area contributed by atoms with E-state index in [1.165, 1.54) is 0 Å². The Morgan fingerprint density at radius 1 is 1.56 bits per heavy atom. The van der Waals surface area contributed by atoms with E-state index in [4.69, 9.17) is 5.11 Å². The summed E-state index contributed by atoms with van der Waals surface area (Å²) in [5, 5.41) is 8.91. The van der Waals surface area contributed by atoms with Crippen molar-refractivity contribution in [1.82, 2.24) is 0 Å². The highest BCUT2D eigenvalue weighted by Gasteiger charge is 2.36. The van der Waals surface area contributed by atoms with Crippen molar-refractivity contribution >= 4 is 25.8 Å². The lowest BCUT2D eigenvalue weighted by atomic mass is 10.3. The number of hydrogen-bond acceptors (Lipinski definition) is 3. The van der Waals surface area contributed by atoms with Crippen molar-refractivity contribution in [3.8, 4) is 0 Å². The molecule has 0 aromatic rings. The second kappa shape index (κ2) is 2.21. The van der Waals surface area contributed by atoms with Crippen LogP contribution in [-0.2, 0) is 9.84 Å². The number of halogens is 1. The summed E-state index contributed by atoms with van der Waals surface area (Å²) in [6, 6.07) is 0. The van der Waals surface area contributed by atoms with E-state index in [1.54, 1.807) is 0 Å². The number of hydrogen-bond donors (Lipinski definition) is 1. The van der Waals surface area contributed by atoms with Gasteiger partial charge in [0.15, 0.2) is 9.84 Å². The van der Waals surface area contributed by atoms with Crippen LogP contribution in [0.2, 0.25) is 0 Å². The normalized spacial score (nSPS) is 41.1. The fourth-order valence-corrected chi connectivity index (χ4v) is 3.00. The summed E-state index contributed by atoms with van der Waals surface area (Å²) in [5.74, 6) is 0.101. The molecule has 54 valence electrons. The SMILES string of the molecule is O=S1(=O)CC[C@@H](O)[C@H]1Br. The monoisotopic (exact) mass is 214 g/mol. The summed E-state index contributed by atoms with van der Waals surface area (Å²) < 4.78 is 20.8. The maximum absolute atomic E-state index is 10.8. The zero-order valence-corrected chi connectivity index (χ0v) is 7.02. The van der Waals surface area contributed by atoms with Crippen LogP contribution in [0.15, 0.2) is 0 Å². The molecule has 1 N–H and O–H groups in total. The zero-order valence-electron chi connectivity index (χ0n) is 4.62. The fraction of sp³-hybridized carbons (Fsp3) is 1.00. The summed E-state index contributed by atoms with van der Waals surface area (Å²) in [6.07, 6.45) is -0.354. The largest absolute Gasteiger partial charge is 0.391 e. The Labute approximate surface area is 62.1 Å². The molecular weight excluding hydrogens is 208 g/mol. The predicted molar refractivity (Wildman–Crippen MR) is 37.1 cm³/mol. The molecule has 1 saturated heterocycles. The van der Waals surface area contributed by atoms with E-state index in [0.29, 0.717) is 6.42 Å². The smallest absolute Gasteiger partial charge is 0.165 e. The maximum Gasteiger partial charge on any atom is 0.165 e. The minimum absolute atomic E-state index is 0.101. The third kappa shape index (κ3) is 1.28. The molecule has 0 bridgehead atoms. The second-order valence-corrected chi connectivity index (χ2v) is 5.91. The van der Waals surface area contributed by atoms with E-state index >= 15 is 0 Å². The van der Waals surface area contributed by atoms with E-state index in [-0.39, 0.29) is 5.75 Å². The second-order valence-electron chi connectivity index (χ2n) is 2.07. The Hall–Kier alpha value is 0.390. The van der Waals surface area contributed by atoms with Gasteiger partial charge >= 0.3 is 0 Å². The fourth-order valence-electron chi connectivity index (χ4n) is 0.768. The van der Waals surface area contributed by atoms with Crippen molar-refractivity contribution in [2.45, 2.75) is 16.7 Å². The molecule has 2 atom stereocenters. The van der Waals surface area contributed by atoms with Crippen LogP contribution in [0.1, 0.15) is 6.42 Å². The highest BCUT2D eigenvalue weighted by Crippen LogP contribution is 2.24. The standard InChI is InChI=1S/C4H7BrO3S/c5-4-3(6)1-2-9(4,7)8/h3-4,6H,1-2H2/t3-,4+/m1/s1. The lowest BCUT2D eigenvalue weighted by molar-refractivity contribution is 0.196. The minimum Gasteiger partial charge on any atom is -0.391 e. The highest BCUT2D eigenvalue weighted by molar-refractivity contribution is 9.11. The summed E-state index contributed by atoms with van der Waals surface area (Å²) in [7, 11) is -3.01. The molecule has 0 radical (unpaired) electrons. The summed E-state index contributed by atoms with van der Waals surface area (Å²) in [5.41, 5.74) is 0. The van der Waals surface area contributed by atoms with Gasteiger partial charge in [-0.25, -0.2) is 8.42 Å². The van der Waals surface area contributed by atoms with Crippen molar-refractivity contribution in [2.75, 3.05) is 5.75 Å². The molecule has 0 amide bonds. The first-order chi connectivity index (χ1) is 4.04. The van der Waals surface area contributed by atoms with Crippen molar-refractivity contribution < 1.29 is 13.5 Å². The van der Waals surface area contributed by atoms with Crippen molar-refractivity contribution in [1.29, 1.82) is 0 Å². The Bertz CT molecular complexity index is 198. The van der Waals surface area contributed by atoms with Crippen molar-refractivity contribution in [3.05, 3.63) is 0 Å². The molecule has 1 heterocycles. The molecule has 3 nitrogen and oxygen atoms in total. The zero-order chi connectivity index (χ0) is 7.07. The number of aliphatic hydroxyl groups is 1. The average molecular weight is 215 g/mol.